The molecule has 1 aliphatic carbocycles. The van der Waals surface area contributed by atoms with Gasteiger partial charge in [0, 0.05) is 11.5 Å². The molecular formula is C15H16N4O2. The zero-order chi connectivity index (χ0) is 14.8. The Morgan fingerprint density at radius 1 is 1.24 bits per heavy atom. The molecular weight excluding hydrogens is 268 g/mol. The average molecular weight is 284 g/mol. The number of rotatable bonds is 3. The summed E-state index contributed by atoms with van der Waals surface area (Å²) in [5, 5.41) is 6.76. The molecule has 1 aromatic carbocycles. The van der Waals surface area contributed by atoms with E-state index in [2.05, 4.69) is 21.0 Å². The summed E-state index contributed by atoms with van der Waals surface area (Å²) in [6, 6.07) is 11.2. The van der Waals surface area contributed by atoms with Gasteiger partial charge in [-0.2, -0.15) is 5.10 Å². The summed E-state index contributed by atoms with van der Waals surface area (Å²) in [6.45, 7) is 2.01. The van der Waals surface area contributed by atoms with Crippen LogP contribution in [0.25, 0.3) is 11.3 Å². The third-order valence-corrected chi connectivity index (χ3v) is 3.64. The van der Waals surface area contributed by atoms with E-state index in [1.54, 1.807) is 6.07 Å². The number of carbonyl (C=O) groups is 2. The van der Waals surface area contributed by atoms with Crippen LogP contribution in [0.5, 0.6) is 0 Å². The number of hydrogen-bond acceptors (Lipinski definition) is 3. The summed E-state index contributed by atoms with van der Waals surface area (Å²) < 4.78 is 0. The van der Waals surface area contributed by atoms with Crippen LogP contribution in [0.2, 0.25) is 0 Å². The average Bonchev–Trinajstić information content (AvgIpc) is 3.04. The Morgan fingerprint density at radius 3 is 2.62 bits per heavy atom. The zero-order valence-corrected chi connectivity index (χ0v) is 11.6. The first kappa shape index (κ1) is 13.4. The van der Waals surface area contributed by atoms with Crippen LogP contribution in [0.4, 0.5) is 0 Å². The second-order valence-electron chi connectivity index (χ2n) is 5.30. The summed E-state index contributed by atoms with van der Waals surface area (Å²) >= 11 is 0. The number of aromatic nitrogens is 2. The third kappa shape index (κ3) is 2.94. The number of nitrogens with one attached hydrogen (secondary N) is 3. The van der Waals surface area contributed by atoms with Crippen molar-refractivity contribution < 1.29 is 9.59 Å². The first-order valence-electron chi connectivity index (χ1n) is 6.86. The van der Waals surface area contributed by atoms with Crippen LogP contribution in [0.1, 0.15) is 23.8 Å². The molecule has 1 aliphatic rings. The summed E-state index contributed by atoms with van der Waals surface area (Å²) in [4.78, 5) is 23.5. The smallest absolute Gasteiger partial charge is 0.273 e. The Labute approximate surface area is 121 Å². The van der Waals surface area contributed by atoms with Crippen molar-refractivity contribution in [1.29, 1.82) is 0 Å². The van der Waals surface area contributed by atoms with Crippen molar-refractivity contribution in [2.75, 3.05) is 0 Å². The SMILES string of the molecule is CC1CC1C(=O)NNC(=O)c1cc(-c2ccccc2)n[nH]1. The Morgan fingerprint density at radius 2 is 1.95 bits per heavy atom. The monoisotopic (exact) mass is 284 g/mol. The van der Waals surface area contributed by atoms with E-state index in [1.165, 1.54) is 0 Å². The van der Waals surface area contributed by atoms with E-state index in [1.807, 2.05) is 37.3 Å². The maximum atomic E-state index is 11.9. The summed E-state index contributed by atoms with van der Waals surface area (Å²) in [7, 11) is 0. The second-order valence-corrected chi connectivity index (χ2v) is 5.30. The van der Waals surface area contributed by atoms with Crippen molar-refractivity contribution in [3.8, 4) is 11.3 Å². The largest absolute Gasteiger partial charge is 0.287 e. The molecule has 0 spiro atoms. The molecule has 0 aliphatic heterocycles. The van der Waals surface area contributed by atoms with Gasteiger partial charge in [-0.1, -0.05) is 37.3 Å². The Hall–Kier alpha value is -2.63. The fraction of sp³-hybridized carbons (Fsp3) is 0.267. The molecule has 108 valence electrons. The normalized spacial score (nSPS) is 19.9. The molecule has 2 unspecified atom stereocenters. The fourth-order valence-corrected chi connectivity index (χ4v) is 2.16. The highest BCUT2D eigenvalue weighted by atomic mass is 16.2. The molecule has 1 saturated carbocycles. The minimum absolute atomic E-state index is 0.0203. The lowest BCUT2D eigenvalue weighted by Crippen LogP contribution is -2.42. The third-order valence-electron chi connectivity index (χ3n) is 3.64. The van der Waals surface area contributed by atoms with E-state index in [0.717, 1.165) is 12.0 Å². The highest BCUT2D eigenvalue weighted by Crippen LogP contribution is 2.37. The van der Waals surface area contributed by atoms with Crippen LogP contribution in [-0.2, 0) is 4.79 Å². The predicted octanol–water partition coefficient (Wildman–Crippen LogP) is 1.49. The van der Waals surface area contributed by atoms with Gasteiger partial charge in [0.15, 0.2) is 0 Å². The molecule has 1 heterocycles. The second kappa shape index (κ2) is 5.40. The van der Waals surface area contributed by atoms with Crippen LogP contribution in [0, 0.1) is 11.8 Å². The van der Waals surface area contributed by atoms with Gasteiger partial charge in [0.05, 0.1) is 5.69 Å². The number of nitrogens with zero attached hydrogens (tertiary/aromatic N) is 1. The number of hydrazine groups is 1. The van der Waals surface area contributed by atoms with Gasteiger partial charge in [-0.15, -0.1) is 0 Å². The van der Waals surface area contributed by atoms with Crippen LogP contribution in [0.3, 0.4) is 0 Å². The Balaban J connectivity index is 1.61. The summed E-state index contributed by atoms with van der Waals surface area (Å²) in [6.07, 6.45) is 0.879. The number of hydrogen-bond donors (Lipinski definition) is 3. The van der Waals surface area contributed by atoms with Crippen LogP contribution < -0.4 is 10.9 Å². The molecule has 2 aromatic rings. The van der Waals surface area contributed by atoms with Gasteiger partial charge in [-0.25, -0.2) is 0 Å². The minimum Gasteiger partial charge on any atom is -0.273 e. The van der Waals surface area contributed by atoms with Crippen molar-refractivity contribution in [2.45, 2.75) is 13.3 Å². The Kier molecular flexibility index (Phi) is 3.43. The van der Waals surface area contributed by atoms with Crippen LogP contribution in [-0.4, -0.2) is 22.0 Å². The molecule has 0 saturated heterocycles. The van der Waals surface area contributed by atoms with Gasteiger partial charge in [0.2, 0.25) is 5.91 Å². The molecule has 21 heavy (non-hydrogen) atoms. The molecule has 1 aromatic heterocycles. The number of amides is 2. The van der Waals surface area contributed by atoms with Crippen molar-refractivity contribution in [3.63, 3.8) is 0 Å². The molecule has 1 fully saturated rings. The summed E-state index contributed by atoms with van der Waals surface area (Å²) in [5.41, 5.74) is 6.74. The fourth-order valence-electron chi connectivity index (χ4n) is 2.16. The molecule has 2 amide bonds. The van der Waals surface area contributed by atoms with Crippen molar-refractivity contribution in [2.24, 2.45) is 11.8 Å². The maximum Gasteiger partial charge on any atom is 0.287 e. The lowest BCUT2D eigenvalue weighted by atomic mass is 10.1. The summed E-state index contributed by atoms with van der Waals surface area (Å²) in [5.74, 6) is -0.129. The van der Waals surface area contributed by atoms with Gasteiger partial charge in [0.1, 0.15) is 5.69 Å². The number of carbonyl (C=O) groups excluding carboxylic acids is 2. The quantitative estimate of drug-likeness (QED) is 0.746. The van der Waals surface area contributed by atoms with E-state index in [-0.39, 0.29) is 11.8 Å². The molecule has 3 rings (SSSR count). The van der Waals surface area contributed by atoms with Crippen LogP contribution >= 0.6 is 0 Å². The topological polar surface area (TPSA) is 86.9 Å². The Bertz CT molecular complexity index is 665. The van der Waals surface area contributed by atoms with E-state index in [0.29, 0.717) is 17.3 Å². The number of aromatic amines is 1. The van der Waals surface area contributed by atoms with Crippen molar-refractivity contribution >= 4 is 11.8 Å². The van der Waals surface area contributed by atoms with Gasteiger partial charge >= 0.3 is 0 Å². The lowest BCUT2D eigenvalue weighted by molar-refractivity contribution is -0.123. The molecule has 0 bridgehead atoms. The van der Waals surface area contributed by atoms with Gasteiger partial charge in [-0.3, -0.25) is 25.5 Å². The molecule has 0 radical (unpaired) electrons. The van der Waals surface area contributed by atoms with Crippen molar-refractivity contribution in [1.82, 2.24) is 21.0 Å². The molecule has 6 nitrogen and oxygen atoms in total. The first-order valence-corrected chi connectivity index (χ1v) is 6.86. The van der Waals surface area contributed by atoms with Gasteiger partial charge in [0.25, 0.3) is 5.91 Å². The van der Waals surface area contributed by atoms with E-state index in [9.17, 15) is 9.59 Å². The van der Waals surface area contributed by atoms with Crippen LogP contribution in [0.15, 0.2) is 36.4 Å². The number of benzene rings is 1. The van der Waals surface area contributed by atoms with E-state index in [4.69, 9.17) is 0 Å². The minimum atomic E-state index is -0.411. The standard InChI is InChI=1S/C15H16N4O2/c1-9-7-11(9)14(20)18-19-15(21)13-8-12(16-17-13)10-5-3-2-4-6-10/h2-6,8-9,11H,7H2,1H3,(H,16,17)(H,18,20)(H,19,21). The van der Waals surface area contributed by atoms with Crippen molar-refractivity contribution in [3.05, 3.63) is 42.1 Å². The maximum absolute atomic E-state index is 11.9. The zero-order valence-electron chi connectivity index (χ0n) is 11.6. The van der Waals surface area contributed by atoms with Gasteiger partial charge in [-0.05, 0) is 18.4 Å². The predicted molar refractivity (Wildman–Crippen MR) is 76.9 cm³/mol. The van der Waals surface area contributed by atoms with E-state index >= 15 is 0 Å². The molecule has 6 heteroatoms. The molecule has 2 atom stereocenters. The highest BCUT2D eigenvalue weighted by Gasteiger charge is 2.39. The highest BCUT2D eigenvalue weighted by molar-refractivity contribution is 5.95. The van der Waals surface area contributed by atoms with Gasteiger partial charge < -0.3 is 0 Å². The van der Waals surface area contributed by atoms with E-state index < -0.39 is 5.91 Å². The number of H-pyrrole nitrogens is 1. The first-order chi connectivity index (χ1) is 10.1. The lowest BCUT2D eigenvalue weighted by Gasteiger charge is -2.04. The molecule has 3 N–H and O–H groups in total.